The Hall–Kier alpha value is -3.04. The van der Waals surface area contributed by atoms with Crippen molar-refractivity contribution in [2.24, 2.45) is 0 Å². The predicted octanol–water partition coefficient (Wildman–Crippen LogP) is 1.64. The maximum atomic E-state index is 11.9. The Morgan fingerprint density at radius 2 is 1.70 bits per heavy atom. The zero-order chi connectivity index (χ0) is 20.0. The minimum atomic E-state index is -2.34. The molecule has 0 atom stereocenters. The van der Waals surface area contributed by atoms with E-state index in [4.69, 9.17) is 9.47 Å². The Balaban J connectivity index is 2.40. The highest BCUT2D eigenvalue weighted by molar-refractivity contribution is 6.06. The van der Waals surface area contributed by atoms with Gasteiger partial charge in [0.25, 0.3) is 0 Å². The second-order valence-corrected chi connectivity index (χ2v) is 5.91. The molecule has 1 aromatic carbocycles. The number of carboxylic acid groups (broad SMARTS) is 2. The molecular formula is C18H21N3O6. The van der Waals surface area contributed by atoms with Crippen LogP contribution in [0, 0.1) is 6.92 Å². The molecule has 0 spiro atoms. The van der Waals surface area contributed by atoms with E-state index in [0.717, 1.165) is 5.56 Å². The summed E-state index contributed by atoms with van der Waals surface area (Å²) in [5.41, 5.74) is -0.508. The fourth-order valence-corrected chi connectivity index (χ4v) is 2.50. The van der Waals surface area contributed by atoms with Crippen molar-refractivity contribution in [1.82, 2.24) is 9.97 Å². The molecule has 0 unspecified atom stereocenters. The molecule has 2 aromatic rings. The number of aliphatic carboxylic acids is 2. The summed E-state index contributed by atoms with van der Waals surface area (Å²) >= 11 is 0. The van der Waals surface area contributed by atoms with Crippen molar-refractivity contribution in [2.45, 2.75) is 25.2 Å². The first kappa shape index (κ1) is 20.3. The molecule has 0 amide bonds. The third-order valence-corrected chi connectivity index (χ3v) is 3.99. The molecule has 1 aromatic heterocycles. The van der Waals surface area contributed by atoms with E-state index >= 15 is 0 Å². The smallest absolute Gasteiger partial charge is 0.341 e. The van der Waals surface area contributed by atoms with Crippen LogP contribution in [0.3, 0.4) is 0 Å². The average molecular weight is 375 g/mol. The highest BCUT2D eigenvalue weighted by Gasteiger charge is 2.47. The molecule has 0 saturated heterocycles. The summed E-state index contributed by atoms with van der Waals surface area (Å²) in [6.07, 6.45) is 0.259. The molecule has 9 nitrogen and oxygen atoms in total. The molecule has 144 valence electrons. The van der Waals surface area contributed by atoms with E-state index in [1.54, 1.807) is 24.3 Å². The number of anilines is 1. The summed E-state index contributed by atoms with van der Waals surface area (Å²) in [6.45, 7) is 1.88. The summed E-state index contributed by atoms with van der Waals surface area (Å²) in [4.78, 5) is 31.9. The Morgan fingerprint density at radius 1 is 1.11 bits per heavy atom. The van der Waals surface area contributed by atoms with E-state index in [1.807, 2.05) is 6.92 Å². The van der Waals surface area contributed by atoms with Gasteiger partial charge in [-0.15, -0.1) is 0 Å². The third-order valence-electron chi connectivity index (χ3n) is 3.99. The minimum absolute atomic E-state index is 0.163. The fraction of sp³-hybridized carbons (Fsp3) is 0.333. The van der Waals surface area contributed by atoms with Gasteiger partial charge in [-0.1, -0.05) is 29.8 Å². The lowest BCUT2D eigenvalue weighted by Gasteiger charge is -2.26. The van der Waals surface area contributed by atoms with Gasteiger partial charge < -0.3 is 25.0 Å². The van der Waals surface area contributed by atoms with Crippen LogP contribution in [0.2, 0.25) is 0 Å². The first-order chi connectivity index (χ1) is 12.8. The molecule has 3 N–H and O–H groups in total. The lowest BCUT2D eigenvalue weighted by atomic mass is 9.90. The van der Waals surface area contributed by atoms with Gasteiger partial charge in [-0.25, -0.2) is 19.6 Å². The maximum absolute atomic E-state index is 11.9. The van der Waals surface area contributed by atoms with Crippen molar-refractivity contribution in [3.05, 3.63) is 53.3 Å². The maximum Gasteiger partial charge on any atom is 0.341 e. The van der Waals surface area contributed by atoms with Crippen molar-refractivity contribution in [3.63, 3.8) is 0 Å². The quantitative estimate of drug-likeness (QED) is 0.442. The van der Waals surface area contributed by atoms with Crippen molar-refractivity contribution < 1.29 is 29.3 Å². The monoisotopic (exact) mass is 375 g/mol. The van der Waals surface area contributed by atoms with Gasteiger partial charge in [0.15, 0.2) is 0 Å². The van der Waals surface area contributed by atoms with E-state index in [0.29, 0.717) is 11.3 Å². The normalized spacial score (nSPS) is 11.4. The van der Waals surface area contributed by atoms with E-state index in [-0.39, 0.29) is 12.4 Å². The number of nitrogens with one attached hydrogen (secondary N) is 1. The van der Waals surface area contributed by atoms with E-state index < -0.39 is 23.8 Å². The van der Waals surface area contributed by atoms with Gasteiger partial charge in [-0.3, -0.25) is 0 Å². The Kier molecular flexibility index (Phi) is 6.43. The number of rotatable bonds is 9. The van der Waals surface area contributed by atoms with Crippen LogP contribution < -0.4 is 5.32 Å². The van der Waals surface area contributed by atoms with Crippen LogP contribution in [0.1, 0.15) is 23.1 Å². The van der Waals surface area contributed by atoms with E-state index in [2.05, 4.69) is 15.3 Å². The number of ether oxygens (including phenoxy) is 2. The lowest BCUT2D eigenvalue weighted by Crippen LogP contribution is -2.55. The van der Waals surface area contributed by atoms with Gasteiger partial charge in [0, 0.05) is 26.8 Å². The molecule has 0 fully saturated rings. The molecular weight excluding hydrogens is 354 g/mol. The molecule has 2 rings (SSSR count). The van der Waals surface area contributed by atoms with Crippen molar-refractivity contribution in [2.75, 3.05) is 19.5 Å². The second kappa shape index (κ2) is 8.56. The molecule has 27 heavy (non-hydrogen) atoms. The van der Waals surface area contributed by atoms with Crippen LogP contribution in [0.15, 0.2) is 36.5 Å². The number of benzene rings is 1. The van der Waals surface area contributed by atoms with Gasteiger partial charge in [-0.2, -0.15) is 0 Å². The number of carboxylic acids is 2. The van der Waals surface area contributed by atoms with Crippen LogP contribution >= 0.6 is 0 Å². The summed E-state index contributed by atoms with van der Waals surface area (Å²) < 4.78 is 10.2. The first-order valence-electron chi connectivity index (χ1n) is 8.01. The summed E-state index contributed by atoms with van der Waals surface area (Å²) in [6, 6.07) is 8.44. The fourth-order valence-electron chi connectivity index (χ4n) is 2.50. The lowest BCUT2D eigenvalue weighted by molar-refractivity contribution is -0.155. The summed E-state index contributed by atoms with van der Waals surface area (Å²) in [5.74, 6) is -3.28. The first-order valence-corrected chi connectivity index (χ1v) is 8.01. The standard InChI is InChI=1S/C18H21N3O6/c1-11-4-6-12(7-5-11)10-18(15(22)23,16(24)25)21-17-19-9-8-13(20-17)14(26-2)27-3/h4-9,14H,10H2,1-3H3,(H,22,23)(H,24,25)(H,19,20,21). The predicted molar refractivity (Wildman–Crippen MR) is 95.3 cm³/mol. The molecule has 0 radical (unpaired) electrons. The molecule has 1 heterocycles. The molecule has 9 heteroatoms. The average Bonchev–Trinajstić information content (AvgIpc) is 2.64. The van der Waals surface area contributed by atoms with Gasteiger partial charge in [-0.05, 0) is 18.6 Å². The van der Waals surface area contributed by atoms with Gasteiger partial charge in [0.1, 0.15) is 5.69 Å². The number of aryl methyl sites for hydroxylation is 1. The highest BCUT2D eigenvalue weighted by Crippen LogP contribution is 2.22. The van der Waals surface area contributed by atoms with Crippen LogP contribution in [0.25, 0.3) is 0 Å². The third kappa shape index (κ3) is 4.57. The van der Waals surface area contributed by atoms with Crippen LogP contribution in [0.5, 0.6) is 0 Å². The largest absolute Gasteiger partial charge is 0.479 e. The zero-order valence-electron chi connectivity index (χ0n) is 15.2. The summed E-state index contributed by atoms with van der Waals surface area (Å²) in [5, 5.41) is 21.9. The number of methoxy groups -OCH3 is 2. The Bertz CT molecular complexity index is 791. The number of aromatic nitrogens is 2. The van der Waals surface area contributed by atoms with Gasteiger partial charge in [0.2, 0.25) is 17.8 Å². The Morgan fingerprint density at radius 3 is 2.22 bits per heavy atom. The van der Waals surface area contributed by atoms with E-state index in [1.165, 1.54) is 26.5 Å². The van der Waals surface area contributed by atoms with Crippen LogP contribution in [-0.2, 0) is 25.5 Å². The molecule has 0 saturated carbocycles. The number of carbonyl (C=O) groups is 2. The SMILES string of the molecule is COC(OC)c1ccnc(NC(Cc2ccc(C)cc2)(C(=O)O)C(=O)O)n1. The topological polar surface area (TPSA) is 131 Å². The number of hydrogen-bond acceptors (Lipinski definition) is 7. The van der Waals surface area contributed by atoms with Crippen molar-refractivity contribution in [3.8, 4) is 0 Å². The van der Waals surface area contributed by atoms with Crippen LogP contribution in [0.4, 0.5) is 5.95 Å². The van der Waals surface area contributed by atoms with Crippen LogP contribution in [-0.4, -0.2) is 51.9 Å². The van der Waals surface area contributed by atoms with Crippen molar-refractivity contribution in [1.29, 1.82) is 0 Å². The number of nitrogens with zero attached hydrogens (tertiary/aromatic N) is 2. The Labute approximate surface area is 156 Å². The molecule has 0 aliphatic carbocycles. The minimum Gasteiger partial charge on any atom is -0.479 e. The van der Waals surface area contributed by atoms with Gasteiger partial charge in [0.05, 0.1) is 0 Å². The molecule has 0 aliphatic rings. The highest BCUT2D eigenvalue weighted by atomic mass is 16.7. The zero-order valence-corrected chi connectivity index (χ0v) is 15.2. The van der Waals surface area contributed by atoms with E-state index in [9.17, 15) is 19.8 Å². The molecule has 0 aliphatic heterocycles. The van der Waals surface area contributed by atoms with Gasteiger partial charge >= 0.3 is 11.9 Å². The van der Waals surface area contributed by atoms with Crippen molar-refractivity contribution >= 4 is 17.9 Å². The molecule has 0 bridgehead atoms. The summed E-state index contributed by atoms with van der Waals surface area (Å²) in [7, 11) is 2.83. The number of hydrogen-bond donors (Lipinski definition) is 3. The second-order valence-electron chi connectivity index (χ2n) is 5.91.